The largest absolute Gasteiger partial charge is 1.00 e. The molecule has 0 aromatic heterocycles. The molecular weight excluding hydrogens is 471 g/mol. The SMILES string of the molecule is CN(C)CCOc1ccc2c(c1)CN(C(=O)c1cc(C(=[N-])CN3CCCCC3=O)[c-]cc1O)C2.[K+]. The molecule has 2 aromatic rings. The third kappa shape index (κ3) is 6.93. The van der Waals surface area contributed by atoms with Crippen molar-refractivity contribution in [2.45, 2.75) is 32.4 Å². The molecule has 1 fully saturated rings. The molecule has 0 spiro atoms. The number of aromatic hydroxyl groups is 1. The van der Waals surface area contributed by atoms with Gasteiger partial charge in [-0.25, -0.2) is 5.71 Å². The second kappa shape index (κ2) is 12.5. The first-order chi connectivity index (χ1) is 16.3. The fourth-order valence-electron chi connectivity index (χ4n) is 4.24. The van der Waals surface area contributed by atoms with Crippen LogP contribution in [0.2, 0.25) is 0 Å². The number of hydrogen-bond donors (Lipinski definition) is 1. The Morgan fingerprint density at radius 2 is 1.97 bits per heavy atom. The van der Waals surface area contributed by atoms with Gasteiger partial charge in [0.25, 0.3) is 0 Å². The number of carbonyl (C=O) groups is 2. The zero-order chi connectivity index (χ0) is 24.2. The predicted octanol–water partition coefficient (Wildman–Crippen LogP) is -0.336. The third-order valence-electron chi connectivity index (χ3n) is 6.23. The zero-order valence-corrected chi connectivity index (χ0v) is 23.8. The molecule has 0 saturated carbocycles. The minimum Gasteiger partial charge on any atom is -0.857 e. The number of fused-ring (bicyclic) bond motifs is 1. The van der Waals surface area contributed by atoms with E-state index in [1.54, 1.807) is 9.80 Å². The molecular formula is C26H30KN4O4-. The molecule has 1 N–H and O–H groups in total. The summed E-state index contributed by atoms with van der Waals surface area (Å²) >= 11 is 0. The molecule has 2 aliphatic rings. The number of hydrogen-bond acceptors (Lipinski definition) is 5. The van der Waals surface area contributed by atoms with Crippen molar-refractivity contribution in [3.8, 4) is 11.5 Å². The standard InChI is InChI=1S/C26H30N4O4.K/c1-28(2)11-12-34-21-8-6-19-15-30(16-20(19)13-21)26(33)22-14-18(7-9-24(22)31)23(27)17-29-10-4-3-5-25(29)32;/h6,8-9,13-14,31H,3-5,10-12,15-17H2,1-2H3;/q-2;+1. The Morgan fingerprint density at radius 1 is 1.20 bits per heavy atom. The number of phenols is 1. The van der Waals surface area contributed by atoms with Crippen molar-refractivity contribution in [2.75, 3.05) is 40.3 Å². The summed E-state index contributed by atoms with van der Waals surface area (Å²) in [4.78, 5) is 30.6. The van der Waals surface area contributed by atoms with Crippen LogP contribution >= 0.6 is 0 Å². The van der Waals surface area contributed by atoms with Crippen molar-refractivity contribution in [2.24, 2.45) is 0 Å². The van der Waals surface area contributed by atoms with Gasteiger partial charge in [0.15, 0.2) is 0 Å². The Labute approximate surface area is 249 Å². The van der Waals surface area contributed by atoms with Crippen LogP contribution in [-0.4, -0.2) is 77.7 Å². The molecule has 0 bridgehead atoms. The van der Waals surface area contributed by atoms with Gasteiger partial charge in [0.2, 0.25) is 11.8 Å². The zero-order valence-electron chi connectivity index (χ0n) is 20.7. The number of likely N-dealkylation sites (tertiary alicyclic amines) is 1. The third-order valence-corrected chi connectivity index (χ3v) is 6.23. The molecule has 8 nitrogen and oxygen atoms in total. The van der Waals surface area contributed by atoms with E-state index in [-0.39, 0.29) is 86.8 Å². The summed E-state index contributed by atoms with van der Waals surface area (Å²) in [6.45, 7) is 2.89. The van der Waals surface area contributed by atoms with Crippen molar-refractivity contribution >= 4 is 17.5 Å². The van der Waals surface area contributed by atoms with Crippen molar-refractivity contribution < 1.29 is 70.8 Å². The maximum atomic E-state index is 13.2. The van der Waals surface area contributed by atoms with E-state index in [0.29, 0.717) is 38.2 Å². The van der Waals surface area contributed by atoms with Crippen LogP contribution in [0.3, 0.4) is 0 Å². The minimum atomic E-state index is -0.333. The van der Waals surface area contributed by atoms with E-state index in [0.717, 1.165) is 36.3 Å². The summed E-state index contributed by atoms with van der Waals surface area (Å²) in [6.07, 6.45) is 2.25. The number of benzene rings is 2. The molecule has 0 radical (unpaired) electrons. The molecule has 2 heterocycles. The van der Waals surface area contributed by atoms with Crippen LogP contribution in [0, 0.1) is 6.07 Å². The first-order valence-corrected chi connectivity index (χ1v) is 11.6. The van der Waals surface area contributed by atoms with E-state index < -0.39 is 0 Å². The van der Waals surface area contributed by atoms with E-state index in [1.807, 2.05) is 37.2 Å². The van der Waals surface area contributed by atoms with E-state index in [1.165, 1.54) is 12.1 Å². The molecule has 2 aliphatic heterocycles. The number of nitrogens with zero attached hydrogens (tertiary/aromatic N) is 4. The van der Waals surface area contributed by atoms with Crippen LogP contribution in [0.15, 0.2) is 30.3 Å². The van der Waals surface area contributed by atoms with Gasteiger partial charge in [-0.2, -0.15) is 5.56 Å². The average molecular weight is 502 g/mol. The number of likely N-dealkylation sites (N-methyl/N-ethyl adjacent to an activating group) is 1. The number of piperidine rings is 1. The Balaban J connectivity index is 0.00000342. The van der Waals surface area contributed by atoms with Gasteiger partial charge in [-0.3, -0.25) is 9.59 Å². The quantitative estimate of drug-likeness (QED) is 0.304. The van der Waals surface area contributed by atoms with Crippen molar-refractivity contribution in [1.82, 2.24) is 14.7 Å². The topological polar surface area (TPSA) is 95.6 Å². The summed E-state index contributed by atoms with van der Waals surface area (Å²) in [6, 6.07) is 11.4. The van der Waals surface area contributed by atoms with Crippen LogP contribution in [0.5, 0.6) is 11.5 Å². The summed E-state index contributed by atoms with van der Waals surface area (Å²) in [5.41, 5.74) is 2.39. The van der Waals surface area contributed by atoms with Crippen molar-refractivity contribution in [3.05, 3.63) is 64.1 Å². The predicted molar refractivity (Wildman–Crippen MR) is 129 cm³/mol. The van der Waals surface area contributed by atoms with Gasteiger partial charge < -0.3 is 30.0 Å². The molecule has 9 heteroatoms. The van der Waals surface area contributed by atoms with Crippen molar-refractivity contribution in [1.29, 1.82) is 0 Å². The second-order valence-corrected chi connectivity index (χ2v) is 9.11. The minimum absolute atomic E-state index is 0. The molecule has 2 amide bonds. The molecule has 0 aliphatic carbocycles. The van der Waals surface area contributed by atoms with Crippen molar-refractivity contribution in [3.63, 3.8) is 0 Å². The summed E-state index contributed by atoms with van der Waals surface area (Å²) < 4.78 is 5.81. The van der Waals surface area contributed by atoms with Gasteiger partial charge in [-0.1, -0.05) is 6.07 Å². The smallest absolute Gasteiger partial charge is 0.857 e. The van der Waals surface area contributed by atoms with Crippen LogP contribution in [0.4, 0.5) is 0 Å². The average Bonchev–Trinajstić information content (AvgIpc) is 3.23. The molecule has 2 aromatic carbocycles. The maximum absolute atomic E-state index is 13.2. The summed E-state index contributed by atoms with van der Waals surface area (Å²) in [5.74, 6) is 0.244. The number of rotatable bonds is 8. The Bertz CT molecular complexity index is 1100. The number of carbonyl (C=O) groups excluding carboxylic acids is 2. The molecule has 4 rings (SSSR count). The molecule has 35 heavy (non-hydrogen) atoms. The van der Waals surface area contributed by atoms with Gasteiger partial charge in [-0.15, -0.1) is 18.2 Å². The van der Waals surface area contributed by atoms with E-state index in [4.69, 9.17) is 4.74 Å². The van der Waals surface area contributed by atoms with E-state index in [2.05, 4.69) is 6.07 Å². The molecule has 0 unspecified atom stereocenters. The molecule has 1 saturated heterocycles. The summed E-state index contributed by atoms with van der Waals surface area (Å²) in [5, 5.41) is 21.0. The number of phenolic OH excluding ortho intramolecular Hbond substituents is 1. The monoisotopic (exact) mass is 501 g/mol. The molecule has 180 valence electrons. The van der Waals surface area contributed by atoms with Gasteiger partial charge in [0.1, 0.15) is 12.4 Å². The molecule has 0 atom stereocenters. The normalized spacial score (nSPS) is 15.1. The van der Waals surface area contributed by atoms with Gasteiger partial charge in [0.05, 0.1) is 0 Å². The Morgan fingerprint density at radius 3 is 2.71 bits per heavy atom. The van der Waals surface area contributed by atoms with Crippen LogP contribution < -0.4 is 56.1 Å². The maximum Gasteiger partial charge on any atom is 1.00 e. The van der Waals surface area contributed by atoms with Crippen LogP contribution in [0.25, 0.3) is 5.41 Å². The second-order valence-electron chi connectivity index (χ2n) is 9.11. The van der Waals surface area contributed by atoms with Crippen LogP contribution in [0.1, 0.15) is 46.3 Å². The van der Waals surface area contributed by atoms with Gasteiger partial charge in [0, 0.05) is 38.3 Å². The fraction of sp³-hybridized carbons (Fsp3) is 0.423. The van der Waals surface area contributed by atoms with Gasteiger partial charge in [-0.05, 0) is 62.3 Å². The fourth-order valence-corrected chi connectivity index (χ4v) is 4.24. The first-order valence-electron chi connectivity index (χ1n) is 11.6. The van der Waals surface area contributed by atoms with Crippen LogP contribution in [-0.2, 0) is 17.9 Å². The summed E-state index contributed by atoms with van der Waals surface area (Å²) in [7, 11) is 3.98. The Hall–Kier alpha value is -1.75. The number of amides is 2. The van der Waals surface area contributed by atoms with E-state index in [9.17, 15) is 20.1 Å². The first kappa shape index (κ1) is 27.8. The van der Waals surface area contributed by atoms with Gasteiger partial charge >= 0.3 is 51.4 Å². The van der Waals surface area contributed by atoms with E-state index >= 15 is 0 Å². The Kier molecular flexibility index (Phi) is 9.91. The number of ether oxygens (including phenoxy) is 1.